The Morgan fingerprint density at radius 1 is 1.33 bits per heavy atom. The smallest absolute Gasteiger partial charge is 0.0722 e. The zero-order valence-electron chi connectivity index (χ0n) is 12.9. The summed E-state index contributed by atoms with van der Waals surface area (Å²) in [6.07, 6.45) is 5.32. The first-order valence-corrected chi connectivity index (χ1v) is 7.73. The lowest BCUT2D eigenvalue weighted by molar-refractivity contribution is 0.0698. The van der Waals surface area contributed by atoms with Crippen molar-refractivity contribution in [2.45, 2.75) is 44.2 Å². The summed E-state index contributed by atoms with van der Waals surface area (Å²) < 4.78 is 5.90. The number of pyridine rings is 1. The first-order chi connectivity index (χ1) is 9.98. The van der Waals surface area contributed by atoms with Gasteiger partial charge in [-0.25, -0.2) is 0 Å². The van der Waals surface area contributed by atoms with Gasteiger partial charge in [0.25, 0.3) is 0 Å². The minimum Gasteiger partial charge on any atom is -0.375 e. The summed E-state index contributed by atoms with van der Waals surface area (Å²) in [7, 11) is 0. The molecule has 3 heterocycles. The summed E-state index contributed by atoms with van der Waals surface area (Å²) in [4.78, 5) is 4.35. The normalized spacial score (nSPS) is 28.4. The lowest BCUT2D eigenvalue weighted by Crippen LogP contribution is -2.42. The van der Waals surface area contributed by atoms with Crippen molar-refractivity contribution in [2.75, 3.05) is 13.2 Å². The molecule has 2 aliphatic rings. The van der Waals surface area contributed by atoms with Gasteiger partial charge in [-0.3, -0.25) is 4.98 Å². The fourth-order valence-corrected chi connectivity index (χ4v) is 3.64. The number of ether oxygens (including phenoxy) is 1. The summed E-state index contributed by atoms with van der Waals surface area (Å²) in [5.41, 5.74) is 2.86. The van der Waals surface area contributed by atoms with E-state index >= 15 is 0 Å². The molecule has 0 spiro atoms. The van der Waals surface area contributed by atoms with Gasteiger partial charge in [0.2, 0.25) is 0 Å². The molecule has 2 aliphatic heterocycles. The Labute approximate surface area is 125 Å². The van der Waals surface area contributed by atoms with Crippen LogP contribution in [0.15, 0.2) is 30.6 Å². The highest BCUT2D eigenvalue weighted by Gasteiger charge is 2.48. The summed E-state index contributed by atoms with van der Waals surface area (Å²) in [6.45, 7) is 8.54. The van der Waals surface area contributed by atoms with Crippen molar-refractivity contribution in [1.29, 1.82) is 0 Å². The molecule has 1 N–H and O–H groups in total. The average Bonchev–Trinajstić information content (AvgIpc) is 3.07. The second-order valence-corrected chi connectivity index (χ2v) is 7.47. The van der Waals surface area contributed by atoms with Crippen LogP contribution in [0.5, 0.6) is 0 Å². The molecule has 2 unspecified atom stereocenters. The molecular formula is C18H22N2O. The van der Waals surface area contributed by atoms with Crippen molar-refractivity contribution >= 4 is 10.8 Å². The van der Waals surface area contributed by atoms with Gasteiger partial charge in [-0.2, -0.15) is 0 Å². The minimum atomic E-state index is -0.0206. The molecule has 2 aromatic rings. The molecular weight excluding hydrogens is 260 g/mol. The van der Waals surface area contributed by atoms with E-state index in [-0.39, 0.29) is 11.0 Å². The van der Waals surface area contributed by atoms with Gasteiger partial charge in [0.05, 0.1) is 18.2 Å². The molecule has 2 saturated heterocycles. The Bertz CT molecular complexity index is 694. The number of hydrogen-bond donors (Lipinski definition) is 1. The quantitative estimate of drug-likeness (QED) is 0.872. The predicted molar refractivity (Wildman–Crippen MR) is 84.5 cm³/mol. The van der Waals surface area contributed by atoms with Crippen molar-refractivity contribution in [3.63, 3.8) is 0 Å². The molecule has 0 radical (unpaired) electrons. The molecule has 1 aromatic heterocycles. The summed E-state index contributed by atoms with van der Waals surface area (Å²) in [5, 5.41) is 6.23. The number of fused-ring (bicyclic) bond motifs is 3. The third kappa shape index (κ3) is 1.99. The van der Waals surface area contributed by atoms with Gasteiger partial charge in [0.1, 0.15) is 0 Å². The standard InChI is InChI=1S/C18H22N2O/c1-17(2,3)13-6-12-4-5-19-10-15(12)16(7-13)18-8-14(9-20-18)21-11-18/h4-7,10,14,20H,8-9,11H2,1-3H3. The van der Waals surface area contributed by atoms with Gasteiger partial charge in [0, 0.05) is 24.3 Å². The van der Waals surface area contributed by atoms with E-state index in [9.17, 15) is 0 Å². The summed E-state index contributed by atoms with van der Waals surface area (Å²) in [5.74, 6) is 0. The summed E-state index contributed by atoms with van der Waals surface area (Å²) >= 11 is 0. The molecule has 4 rings (SSSR count). The van der Waals surface area contributed by atoms with Crippen LogP contribution in [-0.4, -0.2) is 24.2 Å². The van der Waals surface area contributed by atoms with Crippen LogP contribution in [0.3, 0.4) is 0 Å². The fourth-order valence-electron chi connectivity index (χ4n) is 3.64. The molecule has 2 fully saturated rings. The Kier molecular flexibility index (Phi) is 2.69. The predicted octanol–water partition coefficient (Wildman–Crippen LogP) is 3.12. The number of morpholine rings is 1. The highest BCUT2D eigenvalue weighted by atomic mass is 16.5. The van der Waals surface area contributed by atoms with Crippen molar-refractivity contribution < 1.29 is 4.74 Å². The lowest BCUT2D eigenvalue weighted by Gasteiger charge is -2.31. The van der Waals surface area contributed by atoms with E-state index < -0.39 is 0 Å². The second-order valence-electron chi connectivity index (χ2n) is 7.47. The van der Waals surface area contributed by atoms with Gasteiger partial charge in [-0.15, -0.1) is 0 Å². The zero-order chi connectivity index (χ0) is 14.7. The topological polar surface area (TPSA) is 34.1 Å². The number of nitrogens with zero attached hydrogens (tertiary/aromatic N) is 1. The molecule has 21 heavy (non-hydrogen) atoms. The number of benzene rings is 1. The van der Waals surface area contributed by atoms with E-state index in [0.29, 0.717) is 6.10 Å². The highest BCUT2D eigenvalue weighted by Crippen LogP contribution is 2.43. The number of aromatic nitrogens is 1. The Hall–Kier alpha value is -1.45. The first kappa shape index (κ1) is 13.2. The zero-order valence-corrected chi connectivity index (χ0v) is 12.9. The van der Waals surface area contributed by atoms with Crippen molar-refractivity contribution in [3.05, 3.63) is 41.7 Å². The monoisotopic (exact) mass is 282 g/mol. The third-order valence-electron chi connectivity index (χ3n) is 4.95. The van der Waals surface area contributed by atoms with Gasteiger partial charge in [-0.05, 0) is 34.4 Å². The summed E-state index contributed by atoms with van der Waals surface area (Å²) in [6, 6.07) is 6.79. The maximum Gasteiger partial charge on any atom is 0.0722 e. The third-order valence-corrected chi connectivity index (χ3v) is 4.95. The van der Waals surface area contributed by atoms with Crippen LogP contribution in [0, 0.1) is 0 Å². The fraction of sp³-hybridized carbons (Fsp3) is 0.500. The van der Waals surface area contributed by atoms with Gasteiger partial charge in [-0.1, -0.05) is 32.9 Å². The van der Waals surface area contributed by atoms with Crippen LogP contribution >= 0.6 is 0 Å². The van der Waals surface area contributed by atoms with Crippen LogP contribution < -0.4 is 5.32 Å². The Morgan fingerprint density at radius 2 is 2.19 bits per heavy atom. The van der Waals surface area contributed by atoms with Crippen molar-refractivity contribution in [3.8, 4) is 0 Å². The van der Waals surface area contributed by atoms with Crippen molar-refractivity contribution in [1.82, 2.24) is 10.3 Å². The maximum absolute atomic E-state index is 5.90. The molecule has 0 saturated carbocycles. The van der Waals surface area contributed by atoms with E-state index in [1.807, 2.05) is 12.4 Å². The van der Waals surface area contributed by atoms with E-state index in [2.05, 4.69) is 49.3 Å². The van der Waals surface area contributed by atoms with Crippen LogP contribution in [-0.2, 0) is 15.7 Å². The minimum absolute atomic E-state index is 0.0206. The first-order valence-electron chi connectivity index (χ1n) is 7.73. The van der Waals surface area contributed by atoms with E-state index in [1.165, 1.54) is 21.9 Å². The van der Waals surface area contributed by atoms with E-state index in [4.69, 9.17) is 4.74 Å². The molecule has 2 atom stereocenters. The molecule has 0 aliphatic carbocycles. The van der Waals surface area contributed by atoms with E-state index in [0.717, 1.165) is 19.6 Å². The number of nitrogens with one attached hydrogen (secondary N) is 1. The number of rotatable bonds is 1. The van der Waals surface area contributed by atoms with Gasteiger partial charge >= 0.3 is 0 Å². The molecule has 0 amide bonds. The highest BCUT2D eigenvalue weighted by molar-refractivity contribution is 5.87. The molecule has 1 aromatic carbocycles. The van der Waals surface area contributed by atoms with Crippen LogP contribution in [0.2, 0.25) is 0 Å². The van der Waals surface area contributed by atoms with Crippen LogP contribution in [0.4, 0.5) is 0 Å². The molecule has 110 valence electrons. The average molecular weight is 282 g/mol. The van der Waals surface area contributed by atoms with Gasteiger partial charge < -0.3 is 10.1 Å². The van der Waals surface area contributed by atoms with Crippen LogP contribution in [0.1, 0.15) is 38.3 Å². The molecule has 2 bridgehead atoms. The van der Waals surface area contributed by atoms with Crippen molar-refractivity contribution in [2.24, 2.45) is 0 Å². The maximum atomic E-state index is 5.90. The molecule has 3 heteroatoms. The Morgan fingerprint density at radius 3 is 2.81 bits per heavy atom. The number of hydrogen-bond acceptors (Lipinski definition) is 3. The van der Waals surface area contributed by atoms with Gasteiger partial charge in [0.15, 0.2) is 0 Å². The SMILES string of the molecule is CC(C)(C)c1cc(C23COC(CN2)C3)c2cnccc2c1. The van der Waals surface area contributed by atoms with E-state index in [1.54, 1.807) is 0 Å². The van der Waals surface area contributed by atoms with Crippen LogP contribution in [0.25, 0.3) is 10.8 Å². The molecule has 3 nitrogen and oxygen atoms in total. The largest absolute Gasteiger partial charge is 0.375 e. The lowest BCUT2D eigenvalue weighted by atomic mass is 9.80. The Balaban J connectivity index is 1.98. The second kappa shape index (κ2) is 4.28.